The topological polar surface area (TPSA) is 52.6 Å². The molecule has 0 aromatic heterocycles. The SMILES string of the molecule is CCOC(=O)/C=C(\C=O)OC. The molecule has 0 radical (unpaired) electrons. The number of carbonyl (C=O) groups is 2. The summed E-state index contributed by atoms with van der Waals surface area (Å²) in [6, 6.07) is 0. The summed E-state index contributed by atoms with van der Waals surface area (Å²) in [7, 11) is 1.31. The summed E-state index contributed by atoms with van der Waals surface area (Å²) >= 11 is 0. The van der Waals surface area contributed by atoms with Gasteiger partial charge in [-0.2, -0.15) is 0 Å². The van der Waals surface area contributed by atoms with Gasteiger partial charge in [-0.3, -0.25) is 4.79 Å². The van der Waals surface area contributed by atoms with Gasteiger partial charge in [0.15, 0.2) is 12.0 Å². The van der Waals surface area contributed by atoms with Gasteiger partial charge in [0.1, 0.15) is 0 Å². The lowest BCUT2D eigenvalue weighted by Gasteiger charge is -1.97. The number of methoxy groups -OCH3 is 1. The van der Waals surface area contributed by atoms with Crippen LogP contribution in [0.25, 0.3) is 0 Å². The largest absolute Gasteiger partial charge is 0.493 e. The third kappa shape index (κ3) is 4.13. The van der Waals surface area contributed by atoms with Crippen molar-refractivity contribution < 1.29 is 19.1 Å². The molecule has 0 spiro atoms. The van der Waals surface area contributed by atoms with Crippen LogP contribution in [0.15, 0.2) is 11.8 Å². The zero-order valence-corrected chi connectivity index (χ0v) is 6.49. The highest BCUT2D eigenvalue weighted by Crippen LogP contribution is 1.91. The summed E-state index contributed by atoms with van der Waals surface area (Å²) in [4.78, 5) is 20.7. The zero-order valence-electron chi connectivity index (χ0n) is 6.49. The van der Waals surface area contributed by atoms with Gasteiger partial charge in [0.2, 0.25) is 0 Å². The normalized spacial score (nSPS) is 10.5. The van der Waals surface area contributed by atoms with Crippen molar-refractivity contribution in [3.8, 4) is 0 Å². The van der Waals surface area contributed by atoms with Gasteiger partial charge in [0.25, 0.3) is 0 Å². The molecule has 0 N–H and O–H groups in total. The first-order chi connectivity index (χ1) is 5.24. The van der Waals surface area contributed by atoms with E-state index in [1.807, 2.05) is 0 Å². The van der Waals surface area contributed by atoms with Crippen molar-refractivity contribution in [2.45, 2.75) is 6.92 Å². The van der Waals surface area contributed by atoms with Gasteiger partial charge >= 0.3 is 5.97 Å². The summed E-state index contributed by atoms with van der Waals surface area (Å²) in [6.45, 7) is 1.96. The summed E-state index contributed by atoms with van der Waals surface area (Å²) in [5, 5.41) is 0. The molecule has 4 nitrogen and oxygen atoms in total. The molecule has 11 heavy (non-hydrogen) atoms. The maximum Gasteiger partial charge on any atom is 0.334 e. The number of ether oxygens (including phenoxy) is 2. The lowest BCUT2D eigenvalue weighted by Crippen LogP contribution is -2.02. The van der Waals surface area contributed by atoms with E-state index in [2.05, 4.69) is 9.47 Å². The second-order valence-corrected chi connectivity index (χ2v) is 1.62. The van der Waals surface area contributed by atoms with Crippen LogP contribution in [0.2, 0.25) is 0 Å². The van der Waals surface area contributed by atoms with Crippen LogP contribution < -0.4 is 0 Å². The Kier molecular flexibility index (Phi) is 4.81. The first-order valence-corrected chi connectivity index (χ1v) is 3.12. The third-order valence-corrected chi connectivity index (χ3v) is 0.899. The van der Waals surface area contributed by atoms with Crippen LogP contribution in [0.4, 0.5) is 0 Å². The van der Waals surface area contributed by atoms with Crippen LogP contribution in [0, 0.1) is 0 Å². The maximum absolute atomic E-state index is 10.6. The minimum absolute atomic E-state index is 0.0385. The predicted molar refractivity (Wildman–Crippen MR) is 37.8 cm³/mol. The number of hydrogen-bond donors (Lipinski definition) is 0. The van der Waals surface area contributed by atoms with E-state index in [-0.39, 0.29) is 12.4 Å². The van der Waals surface area contributed by atoms with Crippen molar-refractivity contribution in [3.05, 3.63) is 11.8 Å². The van der Waals surface area contributed by atoms with Crippen LogP contribution in [-0.2, 0) is 19.1 Å². The Morgan fingerprint density at radius 3 is 2.55 bits per heavy atom. The second kappa shape index (κ2) is 5.46. The van der Waals surface area contributed by atoms with Gasteiger partial charge in [0.05, 0.1) is 19.8 Å². The van der Waals surface area contributed by atoms with E-state index in [4.69, 9.17) is 0 Å². The van der Waals surface area contributed by atoms with Crippen LogP contribution in [-0.4, -0.2) is 26.0 Å². The van der Waals surface area contributed by atoms with Crippen molar-refractivity contribution in [2.75, 3.05) is 13.7 Å². The summed E-state index contributed by atoms with van der Waals surface area (Å²) < 4.78 is 9.03. The molecule has 0 aliphatic carbocycles. The molecule has 0 atom stereocenters. The molecule has 0 rings (SSSR count). The molecule has 0 saturated heterocycles. The third-order valence-electron chi connectivity index (χ3n) is 0.899. The quantitative estimate of drug-likeness (QED) is 0.255. The van der Waals surface area contributed by atoms with Gasteiger partial charge in [0, 0.05) is 0 Å². The van der Waals surface area contributed by atoms with Crippen molar-refractivity contribution >= 4 is 12.3 Å². The molecule has 0 aliphatic heterocycles. The Balaban J connectivity index is 4.03. The standard InChI is InChI=1S/C7H10O4/c1-3-11-7(9)4-6(5-8)10-2/h4-5H,3H2,1-2H3/b6-4+. The molecule has 62 valence electrons. The van der Waals surface area contributed by atoms with E-state index >= 15 is 0 Å². The number of carbonyl (C=O) groups excluding carboxylic acids is 2. The van der Waals surface area contributed by atoms with Crippen LogP contribution >= 0.6 is 0 Å². The minimum atomic E-state index is -0.573. The molecule has 0 fully saturated rings. The molecule has 0 saturated carbocycles. The van der Waals surface area contributed by atoms with Crippen LogP contribution in [0.1, 0.15) is 6.92 Å². The number of allylic oxidation sites excluding steroid dienone is 1. The average Bonchev–Trinajstić information content (AvgIpc) is 2.01. The first-order valence-electron chi connectivity index (χ1n) is 3.12. The van der Waals surface area contributed by atoms with Crippen molar-refractivity contribution in [1.82, 2.24) is 0 Å². The highest BCUT2D eigenvalue weighted by molar-refractivity contribution is 5.88. The van der Waals surface area contributed by atoms with Gasteiger partial charge in [-0.1, -0.05) is 0 Å². The van der Waals surface area contributed by atoms with E-state index in [9.17, 15) is 9.59 Å². The Bertz CT molecular complexity index is 171. The van der Waals surface area contributed by atoms with Gasteiger partial charge in [-0.15, -0.1) is 0 Å². The minimum Gasteiger partial charge on any atom is -0.493 e. The smallest absolute Gasteiger partial charge is 0.334 e. The summed E-state index contributed by atoms with van der Waals surface area (Å²) in [5.41, 5.74) is 0. The fourth-order valence-electron chi connectivity index (χ4n) is 0.441. The van der Waals surface area contributed by atoms with E-state index in [0.717, 1.165) is 6.08 Å². The van der Waals surface area contributed by atoms with E-state index < -0.39 is 5.97 Å². The lowest BCUT2D eigenvalue weighted by atomic mass is 10.5. The van der Waals surface area contributed by atoms with E-state index in [0.29, 0.717) is 6.29 Å². The molecule has 4 heteroatoms. The molecule has 0 unspecified atom stereocenters. The number of rotatable bonds is 4. The number of hydrogen-bond acceptors (Lipinski definition) is 4. The molecule has 0 aromatic rings. The fourth-order valence-corrected chi connectivity index (χ4v) is 0.441. The van der Waals surface area contributed by atoms with Gasteiger partial charge in [-0.05, 0) is 6.92 Å². The average molecular weight is 158 g/mol. The summed E-state index contributed by atoms with van der Waals surface area (Å²) in [5.74, 6) is -0.611. The Morgan fingerprint density at radius 2 is 2.18 bits per heavy atom. The Morgan fingerprint density at radius 1 is 1.55 bits per heavy atom. The fraction of sp³-hybridized carbons (Fsp3) is 0.429. The molecular weight excluding hydrogens is 148 g/mol. The first kappa shape index (κ1) is 9.68. The molecule has 0 bridgehead atoms. The Labute approximate surface area is 64.8 Å². The van der Waals surface area contributed by atoms with Gasteiger partial charge in [-0.25, -0.2) is 4.79 Å². The molecule has 0 aliphatic rings. The lowest BCUT2D eigenvalue weighted by molar-refractivity contribution is -0.137. The highest BCUT2D eigenvalue weighted by Gasteiger charge is 1.99. The molecule has 0 aromatic carbocycles. The summed E-state index contributed by atoms with van der Waals surface area (Å²) in [6.07, 6.45) is 1.44. The molecule has 0 heterocycles. The van der Waals surface area contributed by atoms with Crippen LogP contribution in [0.5, 0.6) is 0 Å². The predicted octanol–water partition coefficient (Wildman–Crippen LogP) is 0.279. The molecular formula is C7H10O4. The number of aldehydes is 1. The van der Waals surface area contributed by atoms with Crippen molar-refractivity contribution in [1.29, 1.82) is 0 Å². The molecule has 0 amide bonds. The van der Waals surface area contributed by atoms with Crippen molar-refractivity contribution in [2.24, 2.45) is 0 Å². The van der Waals surface area contributed by atoms with Crippen LogP contribution in [0.3, 0.4) is 0 Å². The Hall–Kier alpha value is -1.32. The second-order valence-electron chi connectivity index (χ2n) is 1.62. The highest BCUT2D eigenvalue weighted by atomic mass is 16.5. The maximum atomic E-state index is 10.6. The monoisotopic (exact) mass is 158 g/mol. The van der Waals surface area contributed by atoms with Gasteiger partial charge < -0.3 is 9.47 Å². The van der Waals surface area contributed by atoms with Crippen molar-refractivity contribution in [3.63, 3.8) is 0 Å². The zero-order chi connectivity index (χ0) is 8.69. The number of esters is 1. The van der Waals surface area contributed by atoms with E-state index in [1.54, 1.807) is 6.92 Å². The van der Waals surface area contributed by atoms with E-state index in [1.165, 1.54) is 7.11 Å².